The average molecular weight is 409 g/mol. The van der Waals surface area contributed by atoms with Crippen LogP contribution in [0.25, 0.3) is 10.4 Å². The fraction of sp³-hybridized carbons (Fsp3) is 0.217. The molecular formula is C23H24N2O3S. The fourth-order valence-electron chi connectivity index (χ4n) is 2.88. The Kier molecular flexibility index (Phi) is 7.16. The Bertz CT molecular complexity index is 935. The zero-order valence-corrected chi connectivity index (χ0v) is 17.0. The molecule has 0 saturated carbocycles. The van der Waals surface area contributed by atoms with Gasteiger partial charge in [0, 0.05) is 23.5 Å². The van der Waals surface area contributed by atoms with Gasteiger partial charge in [-0.05, 0) is 47.2 Å². The van der Waals surface area contributed by atoms with E-state index in [9.17, 15) is 4.79 Å². The molecule has 3 rings (SSSR count). The molecule has 0 saturated heterocycles. The number of hydrogen-bond acceptors (Lipinski definition) is 5. The van der Waals surface area contributed by atoms with Crippen LogP contribution in [0.4, 0.5) is 0 Å². The van der Waals surface area contributed by atoms with Gasteiger partial charge in [0.1, 0.15) is 6.10 Å². The summed E-state index contributed by atoms with van der Waals surface area (Å²) < 4.78 is 5.82. The normalized spacial score (nSPS) is 11.8. The molecule has 1 atom stereocenters. The number of thiophene rings is 1. The number of aliphatic carboxylic acids is 1. The van der Waals surface area contributed by atoms with Crippen LogP contribution in [0, 0.1) is 5.41 Å². The first-order valence-corrected chi connectivity index (χ1v) is 10.3. The van der Waals surface area contributed by atoms with Crippen molar-refractivity contribution in [2.24, 2.45) is 0 Å². The number of carboxylic acids is 1. The topological polar surface area (TPSA) is 82.4 Å². The van der Waals surface area contributed by atoms with Crippen LogP contribution >= 0.6 is 11.3 Å². The molecule has 0 spiro atoms. The van der Waals surface area contributed by atoms with Crippen molar-refractivity contribution < 1.29 is 14.6 Å². The average Bonchev–Trinajstić information content (AvgIpc) is 3.26. The summed E-state index contributed by atoms with van der Waals surface area (Å²) in [7, 11) is 0. The van der Waals surface area contributed by atoms with Crippen molar-refractivity contribution >= 4 is 23.2 Å². The highest BCUT2D eigenvalue weighted by atomic mass is 32.1. The van der Waals surface area contributed by atoms with E-state index < -0.39 is 5.97 Å². The van der Waals surface area contributed by atoms with Crippen molar-refractivity contribution in [1.82, 2.24) is 5.32 Å². The number of carbonyl (C=O) groups is 1. The Balaban J connectivity index is 1.53. The van der Waals surface area contributed by atoms with Crippen molar-refractivity contribution in [3.63, 3.8) is 0 Å². The summed E-state index contributed by atoms with van der Waals surface area (Å²) in [6, 6.07) is 19.9. The highest BCUT2D eigenvalue weighted by Gasteiger charge is 2.11. The quantitative estimate of drug-likeness (QED) is 0.262. The molecule has 0 aliphatic heterocycles. The molecule has 1 unspecified atom stereocenters. The van der Waals surface area contributed by atoms with Gasteiger partial charge in [-0.25, -0.2) is 0 Å². The number of ether oxygens (including phenoxy) is 1. The third-order valence-corrected chi connectivity index (χ3v) is 5.46. The second-order valence-corrected chi connectivity index (χ2v) is 7.65. The van der Waals surface area contributed by atoms with Crippen molar-refractivity contribution in [3.05, 3.63) is 82.7 Å². The summed E-state index contributed by atoms with van der Waals surface area (Å²) >= 11 is 1.69. The van der Waals surface area contributed by atoms with Crippen LogP contribution in [0.15, 0.2) is 66.0 Å². The number of nitrogens with one attached hydrogen (secondary N) is 2. The number of hydrogen-bond donors (Lipinski definition) is 3. The smallest absolute Gasteiger partial charge is 0.304 e. The molecule has 150 valence electrons. The Morgan fingerprint density at radius 3 is 2.48 bits per heavy atom. The maximum Gasteiger partial charge on any atom is 0.304 e. The second kappa shape index (κ2) is 10.0. The molecule has 0 radical (unpaired) electrons. The molecule has 0 amide bonds. The van der Waals surface area contributed by atoms with E-state index in [2.05, 4.69) is 11.4 Å². The van der Waals surface area contributed by atoms with E-state index in [4.69, 9.17) is 15.3 Å². The van der Waals surface area contributed by atoms with Gasteiger partial charge in [-0.2, -0.15) is 0 Å². The third-order valence-electron chi connectivity index (χ3n) is 4.54. The van der Waals surface area contributed by atoms with Crippen LogP contribution in [0.1, 0.15) is 36.1 Å². The van der Waals surface area contributed by atoms with E-state index in [1.165, 1.54) is 4.88 Å². The summed E-state index contributed by atoms with van der Waals surface area (Å²) in [4.78, 5) is 11.7. The molecule has 29 heavy (non-hydrogen) atoms. The SMILES string of the molecule is CC(OC(=N)c1ccc(-c2cccs2)cc1)c1ccc(CNCCC(=O)O)cc1. The zero-order valence-electron chi connectivity index (χ0n) is 16.2. The van der Waals surface area contributed by atoms with E-state index >= 15 is 0 Å². The van der Waals surface area contributed by atoms with Crippen LogP contribution in [0.5, 0.6) is 0 Å². The lowest BCUT2D eigenvalue weighted by Crippen LogP contribution is -2.17. The van der Waals surface area contributed by atoms with Crippen LogP contribution in [-0.4, -0.2) is 23.5 Å². The predicted molar refractivity (Wildman–Crippen MR) is 116 cm³/mol. The number of rotatable bonds is 9. The van der Waals surface area contributed by atoms with Gasteiger partial charge in [0.15, 0.2) is 0 Å². The van der Waals surface area contributed by atoms with Crippen LogP contribution in [0.3, 0.4) is 0 Å². The van der Waals surface area contributed by atoms with E-state index in [0.29, 0.717) is 13.1 Å². The van der Waals surface area contributed by atoms with Crippen molar-refractivity contribution in [1.29, 1.82) is 5.41 Å². The minimum atomic E-state index is -0.803. The van der Waals surface area contributed by atoms with Gasteiger partial charge in [0.2, 0.25) is 5.90 Å². The standard InChI is InChI=1S/C23H24N2O3S/c1-16(18-6-4-17(5-7-18)15-25-13-12-22(26)27)28-23(24)20-10-8-19(9-11-20)21-3-2-14-29-21/h2-11,14,16,24-25H,12-13,15H2,1H3,(H,26,27). The third kappa shape index (κ3) is 6.01. The Morgan fingerprint density at radius 1 is 1.14 bits per heavy atom. The highest BCUT2D eigenvalue weighted by molar-refractivity contribution is 7.13. The number of benzene rings is 2. The van der Waals surface area contributed by atoms with Gasteiger partial charge >= 0.3 is 5.97 Å². The fourth-order valence-corrected chi connectivity index (χ4v) is 3.61. The predicted octanol–water partition coefficient (Wildman–Crippen LogP) is 5.08. The minimum absolute atomic E-state index is 0.110. The summed E-state index contributed by atoms with van der Waals surface area (Å²) in [6.45, 7) is 2.99. The molecule has 3 aromatic rings. The molecule has 6 heteroatoms. The molecule has 1 aromatic heterocycles. The molecule has 3 N–H and O–H groups in total. The maximum absolute atomic E-state index is 10.5. The Hall–Kier alpha value is -2.96. The Labute approximate surface area is 174 Å². The highest BCUT2D eigenvalue weighted by Crippen LogP contribution is 2.25. The lowest BCUT2D eigenvalue weighted by molar-refractivity contribution is -0.136. The largest absolute Gasteiger partial charge is 0.481 e. The monoisotopic (exact) mass is 408 g/mol. The first kappa shape index (κ1) is 20.8. The van der Waals surface area contributed by atoms with Gasteiger partial charge in [-0.1, -0.05) is 42.5 Å². The molecule has 0 aliphatic carbocycles. The van der Waals surface area contributed by atoms with E-state index in [1.54, 1.807) is 11.3 Å². The molecule has 5 nitrogen and oxygen atoms in total. The van der Waals surface area contributed by atoms with Crippen molar-refractivity contribution in [2.75, 3.05) is 6.54 Å². The van der Waals surface area contributed by atoms with Crippen LogP contribution in [-0.2, 0) is 16.1 Å². The molecule has 1 heterocycles. The molecule has 0 bridgehead atoms. The second-order valence-electron chi connectivity index (χ2n) is 6.71. The molecular weight excluding hydrogens is 384 g/mol. The molecule has 0 aliphatic rings. The molecule has 0 fully saturated rings. The summed E-state index contributed by atoms with van der Waals surface area (Å²) in [5, 5.41) is 22.1. The first-order valence-electron chi connectivity index (χ1n) is 9.44. The van der Waals surface area contributed by atoms with Gasteiger partial charge < -0.3 is 15.2 Å². The first-order chi connectivity index (χ1) is 14.0. The van der Waals surface area contributed by atoms with E-state index in [-0.39, 0.29) is 18.4 Å². The van der Waals surface area contributed by atoms with Crippen LogP contribution in [0.2, 0.25) is 0 Å². The number of carboxylic acid groups (broad SMARTS) is 1. The van der Waals surface area contributed by atoms with E-state index in [0.717, 1.165) is 22.3 Å². The van der Waals surface area contributed by atoms with Crippen LogP contribution < -0.4 is 5.32 Å². The van der Waals surface area contributed by atoms with Gasteiger partial charge in [0.05, 0.1) is 6.42 Å². The summed E-state index contributed by atoms with van der Waals surface area (Å²) in [5.74, 6) is -0.655. The van der Waals surface area contributed by atoms with Gasteiger partial charge in [0.25, 0.3) is 0 Å². The maximum atomic E-state index is 10.5. The summed E-state index contributed by atoms with van der Waals surface area (Å²) in [5.41, 5.74) is 3.94. The van der Waals surface area contributed by atoms with Crippen molar-refractivity contribution in [3.8, 4) is 10.4 Å². The zero-order chi connectivity index (χ0) is 20.6. The summed E-state index contributed by atoms with van der Waals surface area (Å²) in [6.07, 6.45) is -0.132. The Morgan fingerprint density at radius 2 is 1.86 bits per heavy atom. The van der Waals surface area contributed by atoms with Crippen molar-refractivity contribution in [2.45, 2.75) is 26.0 Å². The lowest BCUT2D eigenvalue weighted by Gasteiger charge is -2.16. The van der Waals surface area contributed by atoms with Gasteiger partial charge in [-0.3, -0.25) is 10.2 Å². The van der Waals surface area contributed by atoms with E-state index in [1.807, 2.05) is 66.9 Å². The minimum Gasteiger partial charge on any atom is -0.481 e. The van der Waals surface area contributed by atoms with Gasteiger partial charge in [-0.15, -0.1) is 11.3 Å². The molecule has 2 aromatic carbocycles. The lowest BCUT2D eigenvalue weighted by atomic mass is 10.1.